The first-order valence-electron chi connectivity index (χ1n) is 8.34. The molecule has 1 saturated heterocycles. The van der Waals surface area contributed by atoms with Crippen LogP contribution in [0, 0.1) is 0 Å². The number of hydroxylamine groups is 1. The zero-order valence-electron chi connectivity index (χ0n) is 13.9. The van der Waals surface area contributed by atoms with Gasteiger partial charge in [-0.1, -0.05) is 30.3 Å². The second-order valence-electron chi connectivity index (χ2n) is 6.14. The van der Waals surface area contributed by atoms with Gasteiger partial charge >= 0.3 is 0 Å². The number of nitrogens with zero attached hydrogens (tertiary/aromatic N) is 2. The average molecular weight is 338 g/mol. The van der Waals surface area contributed by atoms with Crippen LogP contribution >= 0.6 is 0 Å². The monoisotopic (exact) mass is 338 g/mol. The molecule has 1 atom stereocenters. The lowest BCUT2D eigenvalue weighted by molar-refractivity contribution is -0.124. The molecule has 2 aromatic rings. The van der Waals surface area contributed by atoms with Gasteiger partial charge in [-0.3, -0.25) is 14.9 Å². The highest BCUT2D eigenvalue weighted by atomic mass is 16.5. The number of anilines is 1. The molecule has 0 saturated carbocycles. The van der Waals surface area contributed by atoms with Crippen molar-refractivity contribution in [1.29, 1.82) is 0 Å². The van der Waals surface area contributed by atoms with Crippen LogP contribution in [0.4, 0.5) is 5.82 Å². The Morgan fingerprint density at radius 2 is 2.12 bits per heavy atom. The molecule has 1 aliphatic heterocycles. The number of aromatic nitrogens is 1. The van der Waals surface area contributed by atoms with Crippen molar-refractivity contribution in [3.63, 3.8) is 0 Å². The first kappa shape index (κ1) is 17.1. The lowest BCUT2D eigenvalue weighted by atomic mass is 10.2. The molecule has 0 aliphatic carbocycles. The van der Waals surface area contributed by atoms with E-state index in [1.807, 2.05) is 18.2 Å². The van der Waals surface area contributed by atoms with Crippen molar-refractivity contribution in [1.82, 2.24) is 15.4 Å². The number of carbonyl (C=O) groups is 1. The van der Waals surface area contributed by atoms with Gasteiger partial charge in [-0.15, -0.1) is 0 Å². The number of carbonyl (C=O) groups excluding carboxylic acids is 1. The Kier molecular flexibility index (Phi) is 5.77. The summed E-state index contributed by atoms with van der Waals surface area (Å²) in [6.07, 6.45) is 5.63. The van der Waals surface area contributed by atoms with Crippen LogP contribution < -0.4 is 10.8 Å². The van der Waals surface area contributed by atoms with Crippen LogP contribution in [0.25, 0.3) is 6.08 Å². The molecule has 3 N–H and O–H groups in total. The summed E-state index contributed by atoms with van der Waals surface area (Å²) in [5, 5.41) is 11.9. The van der Waals surface area contributed by atoms with Crippen molar-refractivity contribution >= 4 is 17.8 Å². The Labute approximate surface area is 147 Å². The van der Waals surface area contributed by atoms with Gasteiger partial charge in [0.1, 0.15) is 5.82 Å². The molecule has 2 heterocycles. The smallest absolute Gasteiger partial charge is 0.267 e. The summed E-state index contributed by atoms with van der Waals surface area (Å²) in [4.78, 5) is 17.8. The summed E-state index contributed by atoms with van der Waals surface area (Å²) in [5.74, 6) is 0.266. The molecule has 6 heteroatoms. The number of likely N-dealkylation sites (tertiary alicyclic amines) is 1. The van der Waals surface area contributed by atoms with E-state index in [-0.39, 0.29) is 0 Å². The Bertz CT molecular complexity index is 716. The molecule has 0 unspecified atom stereocenters. The summed E-state index contributed by atoms with van der Waals surface area (Å²) in [6.45, 7) is 3.04. The highest BCUT2D eigenvalue weighted by Crippen LogP contribution is 2.17. The van der Waals surface area contributed by atoms with Crippen LogP contribution in [0.15, 0.2) is 54.7 Å². The number of pyridine rings is 1. The number of rotatable bonds is 6. The largest absolute Gasteiger partial charge is 0.366 e. The summed E-state index contributed by atoms with van der Waals surface area (Å²) in [7, 11) is 0. The van der Waals surface area contributed by atoms with Crippen molar-refractivity contribution in [3.05, 3.63) is 65.9 Å². The maximum absolute atomic E-state index is 11.0. The quantitative estimate of drug-likeness (QED) is 0.428. The van der Waals surface area contributed by atoms with Gasteiger partial charge in [-0.05, 0) is 35.8 Å². The second kappa shape index (κ2) is 8.41. The Morgan fingerprint density at radius 1 is 1.28 bits per heavy atom. The van der Waals surface area contributed by atoms with Crippen molar-refractivity contribution in [2.24, 2.45) is 0 Å². The number of amides is 1. The van der Waals surface area contributed by atoms with Gasteiger partial charge in [0, 0.05) is 37.9 Å². The van der Waals surface area contributed by atoms with E-state index in [0.717, 1.165) is 37.4 Å². The van der Waals surface area contributed by atoms with Crippen LogP contribution in [0.5, 0.6) is 0 Å². The third kappa shape index (κ3) is 5.14. The van der Waals surface area contributed by atoms with Crippen LogP contribution in [0.1, 0.15) is 17.5 Å². The minimum atomic E-state index is -0.563. The SMILES string of the molecule is O=C(/C=C/c1ccc(N[C@H]2CCN(Cc3ccccc3)C2)nc1)NO. The number of hydrogen-bond donors (Lipinski definition) is 3. The Hall–Kier alpha value is -2.70. The molecule has 0 spiro atoms. The topological polar surface area (TPSA) is 77.5 Å². The second-order valence-corrected chi connectivity index (χ2v) is 6.14. The Balaban J connectivity index is 1.50. The fraction of sp³-hybridized carbons (Fsp3) is 0.263. The van der Waals surface area contributed by atoms with E-state index < -0.39 is 5.91 Å². The number of hydrogen-bond acceptors (Lipinski definition) is 5. The van der Waals surface area contributed by atoms with Gasteiger partial charge in [0.15, 0.2) is 0 Å². The van der Waals surface area contributed by atoms with E-state index >= 15 is 0 Å². The van der Waals surface area contributed by atoms with Gasteiger partial charge in [0.25, 0.3) is 5.91 Å². The van der Waals surface area contributed by atoms with Gasteiger partial charge < -0.3 is 5.32 Å². The standard InChI is InChI=1S/C19H22N4O2/c24-19(22-25)9-7-15-6-8-18(20-12-15)21-17-10-11-23(14-17)13-16-4-2-1-3-5-16/h1-9,12,17,25H,10-11,13-14H2,(H,20,21)(H,22,24)/b9-7+/t17-/m0/s1. The van der Waals surface area contributed by atoms with Crippen molar-refractivity contribution in [2.75, 3.05) is 18.4 Å². The average Bonchev–Trinajstić information content (AvgIpc) is 3.08. The molecule has 25 heavy (non-hydrogen) atoms. The minimum absolute atomic E-state index is 0.387. The molecular weight excluding hydrogens is 316 g/mol. The molecule has 3 rings (SSSR count). The van der Waals surface area contributed by atoms with E-state index in [2.05, 4.69) is 39.5 Å². The molecular formula is C19H22N4O2. The molecule has 1 amide bonds. The van der Waals surface area contributed by atoms with Gasteiger partial charge in [-0.2, -0.15) is 0 Å². The molecule has 6 nitrogen and oxygen atoms in total. The minimum Gasteiger partial charge on any atom is -0.366 e. The maximum Gasteiger partial charge on any atom is 0.267 e. The fourth-order valence-corrected chi connectivity index (χ4v) is 2.94. The van der Waals surface area contributed by atoms with Crippen LogP contribution in [0.3, 0.4) is 0 Å². The highest BCUT2D eigenvalue weighted by Gasteiger charge is 2.22. The first-order chi connectivity index (χ1) is 12.2. The molecule has 0 bridgehead atoms. The van der Waals surface area contributed by atoms with Crippen LogP contribution in [0.2, 0.25) is 0 Å². The molecule has 1 aliphatic rings. The normalized spacial score (nSPS) is 17.7. The van der Waals surface area contributed by atoms with E-state index in [9.17, 15) is 4.79 Å². The Morgan fingerprint density at radius 3 is 2.84 bits per heavy atom. The zero-order chi connectivity index (χ0) is 17.5. The summed E-state index contributed by atoms with van der Waals surface area (Å²) < 4.78 is 0. The zero-order valence-corrected chi connectivity index (χ0v) is 13.9. The van der Waals surface area contributed by atoms with E-state index in [0.29, 0.717) is 6.04 Å². The summed E-state index contributed by atoms with van der Waals surface area (Å²) in [5.41, 5.74) is 3.69. The summed E-state index contributed by atoms with van der Waals surface area (Å²) >= 11 is 0. The van der Waals surface area contributed by atoms with Gasteiger partial charge in [0.2, 0.25) is 0 Å². The van der Waals surface area contributed by atoms with Crippen molar-refractivity contribution in [2.45, 2.75) is 19.0 Å². The molecule has 130 valence electrons. The molecule has 1 aromatic heterocycles. The molecule has 0 radical (unpaired) electrons. The first-order valence-corrected chi connectivity index (χ1v) is 8.34. The third-order valence-electron chi connectivity index (χ3n) is 4.20. The van der Waals surface area contributed by atoms with E-state index in [4.69, 9.17) is 5.21 Å². The van der Waals surface area contributed by atoms with Crippen molar-refractivity contribution < 1.29 is 10.0 Å². The maximum atomic E-state index is 11.0. The molecule has 1 fully saturated rings. The van der Waals surface area contributed by atoms with Crippen molar-refractivity contribution in [3.8, 4) is 0 Å². The summed E-state index contributed by atoms with van der Waals surface area (Å²) in [6, 6.07) is 14.7. The van der Waals surface area contributed by atoms with Gasteiger partial charge in [-0.25, -0.2) is 10.5 Å². The van der Waals surface area contributed by atoms with Gasteiger partial charge in [0.05, 0.1) is 0 Å². The lowest BCUT2D eigenvalue weighted by Crippen LogP contribution is -2.26. The fourth-order valence-electron chi connectivity index (χ4n) is 2.94. The van der Waals surface area contributed by atoms with Crippen LogP contribution in [-0.2, 0) is 11.3 Å². The predicted molar refractivity (Wildman–Crippen MR) is 96.9 cm³/mol. The highest BCUT2D eigenvalue weighted by molar-refractivity contribution is 5.90. The number of nitrogens with one attached hydrogen (secondary N) is 2. The van der Waals surface area contributed by atoms with E-state index in [1.54, 1.807) is 17.8 Å². The van der Waals surface area contributed by atoms with E-state index in [1.165, 1.54) is 11.6 Å². The molecule has 1 aromatic carbocycles. The number of benzene rings is 1. The predicted octanol–water partition coefficient (Wildman–Crippen LogP) is 2.29. The third-order valence-corrected chi connectivity index (χ3v) is 4.20. The van der Waals surface area contributed by atoms with Crippen LogP contribution in [-0.4, -0.2) is 40.1 Å². The lowest BCUT2D eigenvalue weighted by Gasteiger charge is -2.17.